The molecule has 0 amide bonds. The summed E-state index contributed by atoms with van der Waals surface area (Å²) < 4.78 is 14.5. The van der Waals surface area contributed by atoms with Gasteiger partial charge in [-0.15, -0.1) is 0 Å². The van der Waals surface area contributed by atoms with Gasteiger partial charge in [0.1, 0.15) is 6.61 Å². The van der Waals surface area contributed by atoms with E-state index in [1.165, 1.54) is 5.56 Å². The Morgan fingerprint density at radius 1 is 1.42 bits per heavy atom. The van der Waals surface area contributed by atoms with Crippen LogP contribution in [0.25, 0.3) is 0 Å². The highest BCUT2D eigenvalue weighted by atomic mass is 16.5. The highest BCUT2D eigenvalue weighted by Gasteiger charge is 2.31. The van der Waals surface area contributed by atoms with Crippen molar-refractivity contribution in [1.82, 2.24) is 4.90 Å². The highest BCUT2D eigenvalue weighted by Crippen LogP contribution is 2.31. The van der Waals surface area contributed by atoms with E-state index in [9.17, 15) is 0 Å². The zero-order valence-corrected chi connectivity index (χ0v) is 11.9. The molecule has 0 fully saturated rings. The molecule has 0 N–H and O–H groups in total. The van der Waals surface area contributed by atoms with Gasteiger partial charge >= 0.3 is 0 Å². The number of rotatable bonds is 1. The van der Waals surface area contributed by atoms with Gasteiger partial charge in [0.2, 0.25) is 0 Å². The Hall–Kier alpha value is -1.51. The van der Waals surface area contributed by atoms with Crippen molar-refractivity contribution in [2.45, 2.75) is 39.3 Å². The molecular formula is C16H22N2O. The number of fused-ring (bicyclic) bond motifs is 1. The van der Waals surface area contributed by atoms with Crippen LogP contribution in [0.4, 0.5) is 0 Å². The average Bonchev–Trinajstić information content (AvgIpc) is 2.88. The van der Waals surface area contributed by atoms with Crippen molar-refractivity contribution in [1.29, 1.82) is 0 Å². The van der Waals surface area contributed by atoms with Crippen LogP contribution in [0, 0.1) is 5.92 Å². The molecule has 3 nitrogen and oxygen atoms in total. The number of hydrogen-bond donors (Lipinski definition) is 0. The Kier molecular flexibility index (Phi) is 2.91. The number of amidine groups is 1. The summed E-state index contributed by atoms with van der Waals surface area (Å²) in [4.78, 5) is 6.68. The first-order chi connectivity index (χ1) is 9.50. The third kappa shape index (κ3) is 2.22. The second-order valence-electron chi connectivity index (χ2n) is 5.68. The summed E-state index contributed by atoms with van der Waals surface area (Å²) in [6.07, 6.45) is 0.944. The van der Waals surface area contributed by atoms with Crippen LogP contribution in [-0.2, 0) is 11.2 Å². The minimum Gasteiger partial charge on any atom is -0.463 e. The first kappa shape index (κ1) is 11.3. The summed E-state index contributed by atoms with van der Waals surface area (Å²) in [5, 5.41) is 0. The maximum atomic E-state index is 8.77. The first-order valence-electron chi connectivity index (χ1n) is 7.57. The lowest BCUT2D eigenvalue weighted by molar-refractivity contribution is 0.210. The van der Waals surface area contributed by atoms with E-state index < -0.39 is 6.02 Å². The predicted octanol–water partition coefficient (Wildman–Crippen LogP) is 3.02. The summed E-state index contributed by atoms with van der Waals surface area (Å²) in [7, 11) is 0. The predicted molar refractivity (Wildman–Crippen MR) is 77.3 cm³/mol. The second kappa shape index (κ2) is 4.87. The molecule has 1 aromatic carbocycles. The molecule has 0 bridgehead atoms. The molecule has 2 atom stereocenters. The van der Waals surface area contributed by atoms with Gasteiger partial charge in [0.15, 0.2) is 0 Å². The Labute approximate surface area is 116 Å². The minimum absolute atomic E-state index is 0.220. The van der Waals surface area contributed by atoms with Crippen LogP contribution >= 0.6 is 0 Å². The van der Waals surface area contributed by atoms with Crippen molar-refractivity contribution in [2.75, 3.05) is 13.2 Å². The molecule has 0 aliphatic carbocycles. The van der Waals surface area contributed by atoms with Crippen molar-refractivity contribution in [3.05, 3.63) is 35.4 Å². The molecule has 102 valence electrons. The van der Waals surface area contributed by atoms with Crippen LogP contribution in [0.15, 0.2) is 29.3 Å². The molecule has 3 heteroatoms. The van der Waals surface area contributed by atoms with E-state index >= 15 is 0 Å². The third-order valence-electron chi connectivity index (χ3n) is 4.08. The maximum absolute atomic E-state index is 8.77. The van der Waals surface area contributed by atoms with Crippen LogP contribution in [-0.4, -0.2) is 30.1 Å². The van der Waals surface area contributed by atoms with Crippen molar-refractivity contribution < 1.29 is 6.11 Å². The lowest BCUT2D eigenvalue weighted by Crippen LogP contribution is -2.39. The monoisotopic (exact) mass is 259 g/mol. The minimum atomic E-state index is -0.806. The van der Waals surface area contributed by atoms with Crippen LogP contribution < -0.4 is 0 Å². The van der Waals surface area contributed by atoms with Crippen molar-refractivity contribution in [3.63, 3.8) is 0 Å². The smallest absolute Gasteiger partial charge is 0.288 e. The van der Waals surface area contributed by atoms with Gasteiger partial charge in [-0.3, -0.25) is 0 Å². The zero-order chi connectivity index (χ0) is 14.3. The number of aliphatic imine (C=N–C) groups is 1. The molecule has 3 rings (SSSR count). The summed E-state index contributed by atoms with van der Waals surface area (Å²) in [6.45, 7) is 7.68. The Bertz CT molecular complexity index is 539. The first-order valence-corrected chi connectivity index (χ1v) is 7.07. The van der Waals surface area contributed by atoms with Crippen LogP contribution in [0.3, 0.4) is 0 Å². The Morgan fingerprint density at radius 3 is 2.95 bits per heavy atom. The summed E-state index contributed by atoms with van der Waals surface area (Å²) in [5.41, 5.74) is 2.32. The third-order valence-corrected chi connectivity index (χ3v) is 4.08. The number of hydrogen-bond acceptors (Lipinski definition) is 3. The number of benzene rings is 1. The van der Waals surface area contributed by atoms with E-state index in [-0.39, 0.29) is 6.04 Å². The molecule has 0 spiro atoms. The molecule has 0 aromatic heterocycles. The van der Waals surface area contributed by atoms with E-state index in [0.717, 1.165) is 18.5 Å². The molecular weight excluding hydrogens is 236 g/mol. The van der Waals surface area contributed by atoms with E-state index in [0.29, 0.717) is 18.5 Å². The molecule has 2 aliphatic heterocycles. The van der Waals surface area contributed by atoms with Gasteiger partial charge in [-0.05, 0) is 30.4 Å². The van der Waals surface area contributed by atoms with E-state index in [1.807, 2.05) is 30.0 Å². The number of nitrogens with zero attached hydrogens (tertiary/aromatic N) is 2. The maximum Gasteiger partial charge on any atom is 0.288 e. The van der Waals surface area contributed by atoms with Crippen LogP contribution in [0.5, 0.6) is 0 Å². The Balaban J connectivity index is 1.92. The van der Waals surface area contributed by atoms with Gasteiger partial charge in [-0.2, -0.15) is 0 Å². The van der Waals surface area contributed by atoms with Gasteiger partial charge in [-0.1, -0.05) is 38.1 Å². The molecule has 19 heavy (non-hydrogen) atoms. The van der Waals surface area contributed by atoms with Gasteiger partial charge < -0.3 is 9.64 Å². The molecule has 1 aromatic rings. The van der Waals surface area contributed by atoms with Crippen molar-refractivity contribution in [3.8, 4) is 0 Å². The average molecular weight is 259 g/mol. The lowest BCUT2D eigenvalue weighted by Gasteiger charge is -2.35. The fraction of sp³-hybridized carbons (Fsp3) is 0.562. The van der Waals surface area contributed by atoms with Gasteiger partial charge in [-0.25, -0.2) is 4.99 Å². The summed E-state index contributed by atoms with van der Waals surface area (Å²) in [6, 6.07) is 8.28. The van der Waals surface area contributed by atoms with Gasteiger partial charge in [0.05, 0.1) is 13.4 Å². The quantitative estimate of drug-likeness (QED) is 0.774. The topological polar surface area (TPSA) is 24.8 Å². The zero-order valence-electron chi connectivity index (χ0n) is 12.9. The van der Waals surface area contributed by atoms with E-state index in [4.69, 9.17) is 6.11 Å². The second-order valence-corrected chi connectivity index (χ2v) is 5.68. The largest absolute Gasteiger partial charge is 0.463 e. The normalized spacial score (nSPS) is 30.7. The fourth-order valence-corrected chi connectivity index (χ4v) is 2.74. The van der Waals surface area contributed by atoms with Gasteiger partial charge in [0.25, 0.3) is 6.02 Å². The molecule has 0 saturated heterocycles. The highest BCUT2D eigenvalue weighted by molar-refractivity contribution is 5.76. The number of ether oxygens (including phenoxy) is 1. The molecule has 0 radical (unpaired) electrons. The van der Waals surface area contributed by atoms with Crippen LogP contribution in [0.1, 0.15) is 39.3 Å². The van der Waals surface area contributed by atoms with Gasteiger partial charge in [0, 0.05) is 6.54 Å². The molecule has 2 heterocycles. The standard InChI is InChI=1S/C16H22N2O/c1-11(2)15-10-19-16(17-15)18-9-8-13-6-4-5-7-14(13)12(18)3/h4-7,11-12,15H,8-10H2,1-3H3/t12-,15+/m0/s1/i12D. The lowest BCUT2D eigenvalue weighted by atomic mass is 9.94. The fourth-order valence-electron chi connectivity index (χ4n) is 2.74. The van der Waals surface area contributed by atoms with E-state index in [2.05, 4.69) is 24.9 Å². The van der Waals surface area contributed by atoms with Crippen LogP contribution in [0.2, 0.25) is 0 Å². The van der Waals surface area contributed by atoms with E-state index in [1.54, 1.807) is 0 Å². The van der Waals surface area contributed by atoms with Crippen molar-refractivity contribution >= 4 is 6.02 Å². The Morgan fingerprint density at radius 2 is 2.21 bits per heavy atom. The summed E-state index contributed by atoms with van der Waals surface area (Å²) >= 11 is 0. The SMILES string of the molecule is [2H][C@]1(C)c2ccccc2CCN1C1=N[C@@H](C(C)C)CO1. The molecule has 2 aliphatic rings. The molecule has 0 saturated carbocycles. The van der Waals surface area contributed by atoms with Crippen molar-refractivity contribution in [2.24, 2.45) is 10.9 Å². The molecule has 0 unspecified atom stereocenters. The summed E-state index contributed by atoms with van der Waals surface area (Å²) in [5.74, 6) is 0.474.